The van der Waals surface area contributed by atoms with Gasteiger partial charge in [-0.15, -0.1) is 0 Å². The molecule has 9 heteroatoms. The van der Waals surface area contributed by atoms with Gasteiger partial charge in [-0.3, -0.25) is 4.57 Å². The number of hydrogen-bond donors (Lipinski definition) is 1. The standard InChI is InChI=1S/C18H25N2O6P/c1-5-25-27(22,26-6-2)13-20(17-9-7-8-10-19-17)14-11-15(23-3)18(21)16(12-14)24-4/h7-12,21H,5-6,13H2,1-4H3. The SMILES string of the molecule is CCOP(=O)(CN(c1cc(OC)c(O)c(OC)c1)c1ccccn1)OCC. The molecule has 0 fully saturated rings. The van der Waals surface area contributed by atoms with Crippen molar-refractivity contribution < 1.29 is 28.2 Å². The summed E-state index contributed by atoms with van der Waals surface area (Å²) in [6.45, 7) is 4.00. The van der Waals surface area contributed by atoms with Gasteiger partial charge in [-0.25, -0.2) is 4.98 Å². The van der Waals surface area contributed by atoms with Crippen molar-refractivity contribution in [3.63, 3.8) is 0 Å². The van der Waals surface area contributed by atoms with Gasteiger partial charge in [0.25, 0.3) is 0 Å². The molecule has 2 aromatic rings. The van der Waals surface area contributed by atoms with E-state index >= 15 is 0 Å². The third-order valence-electron chi connectivity index (χ3n) is 3.67. The molecule has 1 N–H and O–H groups in total. The largest absolute Gasteiger partial charge is 0.502 e. The van der Waals surface area contributed by atoms with Crippen LogP contribution < -0.4 is 14.4 Å². The summed E-state index contributed by atoms with van der Waals surface area (Å²) < 4.78 is 34.4. The topological polar surface area (TPSA) is 90.4 Å². The van der Waals surface area contributed by atoms with E-state index in [1.807, 2.05) is 6.07 Å². The summed E-state index contributed by atoms with van der Waals surface area (Å²) >= 11 is 0. The number of phenols is 1. The summed E-state index contributed by atoms with van der Waals surface area (Å²) in [5.41, 5.74) is 0.555. The summed E-state index contributed by atoms with van der Waals surface area (Å²) in [4.78, 5) is 6.02. The minimum absolute atomic E-state index is 0.0667. The molecule has 0 amide bonds. The smallest absolute Gasteiger partial charge is 0.350 e. The molecule has 148 valence electrons. The lowest BCUT2D eigenvalue weighted by atomic mass is 10.2. The van der Waals surface area contributed by atoms with Gasteiger partial charge in [0.15, 0.2) is 11.5 Å². The van der Waals surface area contributed by atoms with Crippen LogP contribution in [0, 0.1) is 0 Å². The molecule has 27 heavy (non-hydrogen) atoms. The number of aromatic nitrogens is 1. The fourth-order valence-corrected chi connectivity index (χ4v) is 4.20. The van der Waals surface area contributed by atoms with Crippen LogP contribution in [-0.4, -0.2) is 43.8 Å². The van der Waals surface area contributed by atoms with E-state index in [1.54, 1.807) is 49.2 Å². The number of benzene rings is 1. The molecule has 0 saturated heterocycles. The van der Waals surface area contributed by atoms with Crippen molar-refractivity contribution in [3.05, 3.63) is 36.5 Å². The maximum atomic E-state index is 13.1. The van der Waals surface area contributed by atoms with Crippen LogP contribution in [-0.2, 0) is 13.6 Å². The van der Waals surface area contributed by atoms with E-state index in [4.69, 9.17) is 18.5 Å². The van der Waals surface area contributed by atoms with Crippen LogP contribution in [0.3, 0.4) is 0 Å². The number of ether oxygens (including phenoxy) is 2. The van der Waals surface area contributed by atoms with Gasteiger partial charge < -0.3 is 28.5 Å². The average molecular weight is 396 g/mol. The number of methoxy groups -OCH3 is 2. The molecule has 8 nitrogen and oxygen atoms in total. The molecule has 1 aromatic heterocycles. The van der Waals surface area contributed by atoms with Crippen molar-refractivity contribution in [3.8, 4) is 17.2 Å². The van der Waals surface area contributed by atoms with Gasteiger partial charge in [0, 0.05) is 18.3 Å². The summed E-state index contributed by atoms with van der Waals surface area (Å²) in [5.74, 6) is 0.843. The summed E-state index contributed by atoms with van der Waals surface area (Å²) in [5, 5.41) is 10.2. The maximum absolute atomic E-state index is 13.1. The molecule has 2 rings (SSSR count). The Morgan fingerprint density at radius 2 is 1.67 bits per heavy atom. The van der Waals surface area contributed by atoms with E-state index in [-0.39, 0.29) is 36.7 Å². The van der Waals surface area contributed by atoms with Crippen molar-refractivity contribution in [1.82, 2.24) is 4.98 Å². The van der Waals surface area contributed by atoms with E-state index < -0.39 is 7.60 Å². The number of rotatable bonds is 10. The fourth-order valence-electron chi connectivity index (χ4n) is 2.52. The Bertz CT molecular complexity index is 752. The lowest BCUT2D eigenvalue weighted by Crippen LogP contribution is -2.21. The van der Waals surface area contributed by atoms with Crippen LogP contribution >= 0.6 is 7.60 Å². The zero-order valence-corrected chi connectivity index (χ0v) is 16.8. The zero-order valence-electron chi connectivity index (χ0n) is 15.9. The fraction of sp³-hybridized carbons (Fsp3) is 0.389. The number of pyridine rings is 1. The average Bonchev–Trinajstić information content (AvgIpc) is 2.67. The van der Waals surface area contributed by atoms with Crippen LogP contribution in [0.4, 0.5) is 11.5 Å². The van der Waals surface area contributed by atoms with Gasteiger partial charge in [-0.1, -0.05) is 6.07 Å². The number of phenolic OH excluding ortho intramolecular Hbond substituents is 1. The predicted octanol–water partition coefficient (Wildman–Crippen LogP) is 4.17. The Morgan fingerprint density at radius 1 is 1.07 bits per heavy atom. The van der Waals surface area contributed by atoms with Gasteiger partial charge in [0.2, 0.25) is 5.75 Å². The van der Waals surface area contributed by atoms with Gasteiger partial charge in [0.1, 0.15) is 12.1 Å². The number of nitrogens with zero attached hydrogens (tertiary/aromatic N) is 2. The molecule has 0 aliphatic rings. The van der Waals surface area contributed by atoms with Crippen molar-refractivity contribution in [2.45, 2.75) is 13.8 Å². The number of anilines is 2. The first-order valence-electron chi connectivity index (χ1n) is 8.49. The van der Waals surface area contributed by atoms with Gasteiger partial charge in [0.05, 0.1) is 33.1 Å². The quantitative estimate of drug-likeness (QED) is 0.599. The Labute approximate surface area is 159 Å². The van der Waals surface area contributed by atoms with Crippen molar-refractivity contribution >= 4 is 19.1 Å². The van der Waals surface area contributed by atoms with Crippen molar-refractivity contribution in [1.29, 1.82) is 0 Å². The van der Waals surface area contributed by atoms with Crippen molar-refractivity contribution in [2.24, 2.45) is 0 Å². The Hall–Kier alpha value is -2.28. The first kappa shape index (κ1) is 21.0. The molecule has 0 spiro atoms. The minimum Gasteiger partial charge on any atom is -0.502 e. The second-order valence-corrected chi connectivity index (χ2v) is 7.42. The monoisotopic (exact) mass is 396 g/mol. The molecular weight excluding hydrogens is 371 g/mol. The van der Waals surface area contributed by atoms with E-state index in [2.05, 4.69) is 4.98 Å². The normalized spacial score (nSPS) is 11.3. The third kappa shape index (κ3) is 5.13. The van der Waals surface area contributed by atoms with E-state index in [0.717, 1.165) is 0 Å². The number of hydrogen-bond acceptors (Lipinski definition) is 8. The minimum atomic E-state index is -3.42. The lowest BCUT2D eigenvalue weighted by Gasteiger charge is -2.28. The number of aromatic hydroxyl groups is 1. The molecule has 1 heterocycles. The lowest BCUT2D eigenvalue weighted by molar-refractivity contribution is 0.220. The molecule has 0 saturated carbocycles. The molecule has 0 radical (unpaired) electrons. The first-order valence-corrected chi connectivity index (χ1v) is 10.2. The highest BCUT2D eigenvalue weighted by atomic mass is 31.2. The van der Waals surface area contributed by atoms with Crippen LogP contribution in [0.2, 0.25) is 0 Å². The Balaban J connectivity index is 2.56. The van der Waals surface area contributed by atoms with E-state index in [1.165, 1.54) is 14.2 Å². The van der Waals surface area contributed by atoms with Gasteiger partial charge >= 0.3 is 7.60 Å². The summed E-state index contributed by atoms with van der Waals surface area (Å²) in [6, 6.07) is 8.58. The molecule has 0 aliphatic carbocycles. The predicted molar refractivity (Wildman–Crippen MR) is 103 cm³/mol. The second-order valence-electron chi connectivity index (χ2n) is 5.40. The van der Waals surface area contributed by atoms with Crippen LogP contribution in [0.15, 0.2) is 36.5 Å². The van der Waals surface area contributed by atoms with Crippen molar-refractivity contribution in [2.75, 3.05) is 38.6 Å². The molecule has 1 aromatic carbocycles. The first-order chi connectivity index (χ1) is 13.0. The van der Waals surface area contributed by atoms with E-state index in [9.17, 15) is 9.67 Å². The summed E-state index contributed by atoms with van der Waals surface area (Å²) in [6.07, 6.45) is 1.56. The van der Waals surface area contributed by atoms with Crippen LogP contribution in [0.1, 0.15) is 13.8 Å². The maximum Gasteiger partial charge on any atom is 0.350 e. The van der Waals surface area contributed by atoms with Crippen LogP contribution in [0.5, 0.6) is 17.2 Å². The molecule has 0 aliphatic heterocycles. The van der Waals surface area contributed by atoms with Gasteiger partial charge in [-0.05, 0) is 26.0 Å². The third-order valence-corrected chi connectivity index (χ3v) is 5.60. The molecule has 0 bridgehead atoms. The highest BCUT2D eigenvalue weighted by Gasteiger charge is 2.30. The highest BCUT2D eigenvalue weighted by Crippen LogP contribution is 2.51. The van der Waals surface area contributed by atoms with Crippen LogP contribution in [0.25, 0.3) is 0 Å². The van der Waals surface area contributed by atoms with E-state index in [0.29, 0.717) is 11.5 Å². The second kappa shape index (κ2) is 9.60. The Kier molecular flexibility index (Phi) is 7.47. The Morgan fingerprint density at radius 3 is 2.11 bits per heavy atom. The molecule has 0 unspecified atom stereocenters. The zero-order chi connectivity index (χ0) is 19.9. The molecular formula is C18H25N2O6P. The van der Waals surface area contributed by atoms with Gasteiger partial charge in [-0.2, -0.15) is 0 Å². The highest BCUT2D eigenvalue weighted by molar-refractivity contribution is 7.54. The molecule has 0 atom stereocenters. The summed E-state index contributed by atoms with van der Waals surface area (Å²) in [7, 11) is -0.545.